The lowest BCUT2D eigenvalue weighted by atomic mass is 10.7. The van der Waals surface area contributed by atoms with Crippen molar-refractivity contribution in [1.29, 1.82) is 0 Å². The normalized spacial score (nSPS) is 17.2. The second-order valence-electron chi connectivity index (χ2n) is 1.28. The fourth-order valence-corrected chi connectivity index (χ4v) is 0.442. The standard InChI is InChI=1S/C3H8N2.CH2Cl2/c1-2-5-3-4-1;2-1-3/h4-5H,1-3H2;1H2. The van der Waals surface area contributed by atoms with E-state index in [2.05, 4.69) is 10.6 Å². The highest BCUT2D eigenvalue weighted by atomic mass is 35.5. The van der Waals surface area contributed by atoms with Crippen molar-refractivity contribution in [3.63, 3.8) is 0 Å². The summed E-state index contributed by atoms with van der Waals surface area (Å²) in [6.07, 6.45) is 0. The van der Waals surface area contributed by atoms with Gasteiger partial charge >= 0.3 is 0 Å². The molecule has 0 aromatic rings. The van der Waals surface area contributed by atoms with Gasteiger partial charge in [0.25, 0.3) is 0 Å². The fraction of sp³-hybridized carbons (Fsp3) is 1.00. The molecule has 2 nitrogen and oxygen atoms in total. The highest BCUT2D eigenvalue weighted by Crippen LogP contribution is 1.73. The van der Waals surface area contributed by atoms with Crippen LogP contribution in [-0.4, -0.2) is 25.1 Å². The highest BCUT2D eigenvalue weighted by molar-refractivity contribution is 6.40. The second kappa shape index (κ2) is 7.50. The minimum atomic E-state index is 0.194. The molecule has 0 unspecified atom stereocenters. The topological polar surface area (TPSA) is 24.1 Å². The van der Waals surface area contributed by atoms with Gasteiger partial charge in [0.05, 0.1) is 5.34 Å². The van der Waals surface area contributed by atoms with Crippen molar-refractivity contribution in [2.45, 2.75) is 0 Å². The van der Waals surface area contributed by atoms with Crippen molar-refractivity contribution >= 4 is 23.2 Å². The van der Waals surface area contributed by atoms with Crippen molar-refractivity contribution in [2.24, 2.45) is 0 Å². The van der Waals surface area contributed by atoms with Crippen LogP contribution in [-0.2, 0) is 0 Å². The first-order valence-corrected chi connectivity index (χ1v) is 3.52. The molecule has 1 aliphatic heterocycles. The number of nitrogens with one attached hydrogen (secondary N) is 2. The van der Waals surface area contributed by atoms with Crippen molar-refractivity contribution in [1.82, 2.24) is 10.6 Å². The van der Waals surface area contributed by atoms with Gasteiger partial charge < -0.3 is 10.6 Å². The van der Waals surface area contributed by atoms with Gasteiger partial charge in [-0.15, -0.1) is 23.2 Å². The molecule has 0 aromatic heterocycles. The Hall–Kier alpha value is 0.500. The highest BCUT2D eigenvalue weighted by Gasteiger charge is 1.90. The SMILES string of the molecule is C1CNCN1.ClCCl. The van der Waals surface area contributed by atoms with Gasteiger partial charge in [0.2, 0.25) is 0 Å². The van der Waals surface area contributed by atoms with Crippen molar-refractivity contribution in [3.8, 4) is 0 Å². The van der Waals surface area contributed by atoms with Crippen LogP contribution in [0.25, 0.3) is 0 Å². The molecule has 4 heteroatoms. The maximum atomic E-state index is 4.76. The van der Waals surface area contributed by atoms with Gasteiger partial charge in [-0.05, 0) is 0 Å². The van der Waals surface area contributed by atoms with Gasteiger partial charge in [-0.3, -0.25) is 0 Å². The molecular formula is C4H10Cl2N2. The third-order valence-corrected chi connectivity index (χ3v) is 0.729. The van der Waals surface area contributed by atoms with Crippen LogP contribution in [0.5, 0.6) is 0 Å². The Morgan fingerprint density at radius 1 is 1.12 bits per heavy atom. The Balaban J connectivity index is 0.000000145. The smallest absolute Gasteiger partial charge is 0.0967 e. The van der Waals surface area contributed by atoms with Gasteiger partial charge in [-0.2, -0.15) is 0 Å². The lowest BCUT2D eigenvalue weighted by molar-refractivity contribution is 0.807. The van der Waals surface area contributed by atoms with Crippen molar-refractivity contribution in [2.75, 3.05) is 25.1 Å². The summed E-state index contributed by atoms with van der Waals surface area (Å²) in [6, 6.07) is 0. The van der Waals surface area contributed by atoms with E-state index in [1.54, 1.807) is 0 Å². The molecule has 8 heavy (non-hydrogen) atoms. The third-order valence-electron chi connectivity index (χ3n) is 0.729. The molecule has 0 amide bonds. The molecule has 0 radical (unpaired) electrons. The molecule has 0 bridgehead atoms. The number of halogens is 2. The van der Waals surface area contributed by atoms with Crippen LogP contribution in [0.15, 0.2) is 0 Å². The zero-order chi connectivity index (χ0) is 6.24. The van der Waals surface area contributed by atoms with E-state index >= 15 is 0 Å². The Kier molecular flexibility index (Phi) is 7.97. The van der Waals surface area contributed by atoms with Gasteiger partial charge in [0.15, 0.2) is 0 Å². The van der Waals surface area contributed by atoms with Gasteiger partial charge in [-0.25, -0.2) is 0 Å². The zero-order valence-electron chi connectivity index (χ0n) is 4.58. The van der Waals surface area contributed by atoms with E-state index in [1.165, 1.54) is 0 Å². The number of rotatable bonds is 0. The number of hydrogen-bond donors (Lipinski definition) is 2. The summed E-state index contributed by atoms with van der Waals surface area (Å²) in [7, 11) is 0. The van der Waals surface area contributed by atoms with E-state index in [0.717, 1.165) is 19.8 Å². The molecule has 1 aliphatic rings. The van der Waals surface area contributed by atoms with E-state index in [-0.39, 0.29) is 5.34 Å². The molecule has 1 fully saturated rings. The predicted molar refractivity (Wildman–Crippen MR) is 37.4 cm³/mol. The molecule has 1 saturated heterocycles. The fourth-order valence-electron chi connectivity index (χ4n) is 0.442. The van der Waals surface area contributed by atoms with Crippen LogP contribution >= 0.6 is 23.2 Å². The van der Waals surface area contributed by atoms with Crippen molar-refractivity contribution in [3.05, 3.63) is 0 Å². The van der Waals surface area contributed by atoms with E-state index in [4.69, 9.17) is 23.2 Å². The lowest BCUT2D eigenvalue weighted by Gasteiger charge is -1.77. The van der Waals surface area contributed by atoms with Crippen LogP contribution in [0.4, 0.5) is 0 Å². The van der Waals surface area contributed by atoms with E-state index < -0.39 is 0 Å². The van der Waals surface area contributed by atoms with Crippen LogP contribution in [0.1, 0.15) is 0 Å². The maximum Gasteiger partial charge on any atom is 0.0967 e. The molecule has 0 aliphatic carbocycles. The molecule has 1 heterocycles. The molecule has 50 valence electrons. The minimum Gasteiger partial charge on any atom is -0.303 e. The zero-order valence-corrected chi connectivity index (χ0v) is 6.10. The first kappa shape index (κ1) is 8.50. The Morgan fingerprint density at radius 2 is 1.50 bits per heavy atom. The molecular weight excluding hydrogens is 147 g/mol. The van der Waals surface area contributed by atoms with E-state index in [9.17, 15) is 0 Å². The summed E-state index contributed by atoms with van der Waals surface area (Å²) in [5.74, 6) is 0. The van der Waals surface area contributed by atoms with Crippen molar-refractivity contribution < 1.29 is 0 Å². The van der Waals surface area contributed by atoms with E-state index in [1.807, 2.05) is 0 Å². The first-order valence-electron chi connectivity index (χ1n) is 2.45. The Morgan fingerprint density at radius 3 is 1.62 bits per heavy atom. The maximum absolute atomic E-state index is 4.76. The number of alkyl halides is 2. The Bertz CT molecular complexity index is 31.4. The van der Waals surface area contributed by atoms with Crippen LogP contribution in [0.3, 0.4) is 0 Å². The quantitative estimate of drug-likeness (QED) is 0.502. The van der Waals surface area contributed by atoms with Gasteiger partial charge in [0, 0.05) is 19.8 Å². The summed E-state index contributed by atoms with van der Waals surface area (Å²) < 4.78 is 0. The first-order chi connectivity index (χ1) is 3.91. The largest absolute Gasteiger partial charge is 0.303 e. The molecule has 1 rings (SSSR count). The van der Waals surface area contributed by atoms with Gasteiger partial charge in [-0.1, -0.05) is 0 Å². The van der Waals surface area contributed by atoms with E-state index in [0.29, 0.717) is 0 Å². The average Bonchev–Trinajstić information content (AvgIpc) is 2.17. The minimum absolute atomic E-state index is 0.194. The molecule has 2 N–H and O–H groups in total. The Labute approximate surface area is 59.5 Å². The van der Waals surface area contributed by atoms with Gasteiger partial charge in [0.1, 0.15) is 0 Å². The summed E-state index contributed by atoms with van der Waals surface area (Å²) in [5, 5.41) is 6.42. The predicted octanol–water partition coefficient (Wildman–Crippen LogP) is 0.558. The summed E-state index contributed by atoms with van der Waals surface area (Å²) in [5.41, 5.74) is 0. The molecule has 0 atom stereocenters. The summed E-state index contributed by atoms with van der Waals surface area (Å²) in [6.45, 7) is 3.28. The second-order valence-corrected chi connectivity index (χ2v) is 2.09. The summed E-state index contributed by atoms with van der Waals surface area (Å²) in [4.78, 5) is 0. The lowest BCUT2D eigenvalue weighted by Crippen LogP contribution is -2.11. The molecule has 0 spiro atoms. The molecule has 0 saturated carbocycles. The van der Waals surface area contributed by atoms with Crippen LogP contribution in [0.2, 0.25) is 0 Å². The van der Waals surface area contributed by atoms with Crippen LogP contribution in [0, 0.1) is 0 Å². The monoisotopic (exact) mass is 156 g/mol. The average molecular weight is 157 g/mol. The summed E-state index contributed by atoms with van der Waals surface area (Å²) >= 11 is 9.53. The molecule has 0 aromatic carbocycles. The third kappa shape index (κ3) is 6.50. The van der Waals surface area contributed by atoms with Crippen LogP contribution < -0.4 is 10.6 Å². The number of hydrogen-bond acceptors (Lipinski definition) is 2.